The Morgan fingerprint density at radius 2 is 2.10 bits per heavy atom. The van der Waals surface area contributed by atoms with Crippen molar-refractivity contribution in [2.75, 3.05) is 12.4 Å². The zero-order valence-electron chi connectivity index (χ0n) is 12.3. The predicted molar refractivity (Wildman–Crippen MR) is 84.2 cm³/mol. The third-order valence-corrected chi connectivity index (χ3v) is 4.60. The van der Waals surface area contributed by atoms with Crippen LogP contribution in [-0.4, -0.2) is 29.3 Å². The van der Waals surface area contributed by atoms with Gasteiger partial charge < -0.3 is 4.90 Å². The zero-order valence-corrected chi connectivity index (χ0v) is 13.0. The number of hydrogen-bond donors (Lipinski definition) is 0. The Morgan fingerprint density at radius 1 is 1.30 bits per heavy atom. The molecular weight excluding hydrogens is 270 g/mol. The van der Waals surface area contributed by atoms with Gasteiger partial charge in [-0.05, 0) is 37.3 Å². The molecule has 0 radical (unpaired) electrons. The minimum Gasteiger partial charge on any atom is -0.339 e. The Balaban J connectivity index is 1.94. The molecule has 1 fully saturated rings. The molecule has 1 heterocycles. The summed E-state index contributed by atoms with van der Waals surface area (Å²) < 4.78 is 0. The van der Waals surface area contributed by atoms with E-state index in [4.69, 9.17) is 11.6 Å². The minimum atomic E-state index is 0.239. The van der Waals surface area contributed by atoms with Crippen molar-refractivity contribution in [2.24, 2.45) is 0 Å². The van der Waals surface area contributed by atoms with E-state index in [-0.39, 0.29) is 11.9 Å². The molecule has 20 heavy (non-hydrogen) atoms. The molecule has 1 atom stereocenters. The first-order chi connectivity index (χ1) is 9.72. The third kappa shape index (κ3) is 3.99. The van der Waals surface area contributed by atoms with E-state index in [1.807, 2.05) is 17.0 Å². The Morgan fingerprint density at radius 3 is 2.85 bits per heavy atom. The molecule has 0 aromatic heterocycles. The maximum Gasteiger partial charge on any atom is 0.223 e. The molecule has 1 aliphatic heterocycles. The fraction of sp³-hybridized carbons (Fsp3) is 0.588. The number of hydrogen-bond acceptors (Lipinski definition) is 1. The smallest absolute Gasteiger partial charge is 0.223 e. The first kappa shape index (κ1) is 15.4. The molecule has 0 aliphatic carbocycles. The molecule has 1 aliphatic rings. The molecular formula is C17H24ClNO. The number of benzene rings is 1. The monoisotopic (exact) mass is 293 g/mol. The van der Waals surface area contributed by atoms with E-state index in [1.54, 1.807) is 0 Å². The zero-order chi connectivity index (χ0) is 14.4. The van der Waals surface area contributed by atoms with Gasteiger partial charge in [-0.15, -0.1) is 11.6 Å². The van der Waals surface area contributed by atoms with Gasteiger partial charge in [0, 0.05) is 24.9 Å². The number of amides is 1. The minimum absolute atomic E-state index is 0.239. The van der Waals surface area contributed by atoms with Crippen molar-refractivity contribution in [1.29, 1.82) is 0 Å². The van der Waals surface area contributed by atoms with Crippen LogP contribution in [-0.2, 0) is 11.2 Å². The predicted octanol–water partition coefficient (Wildman–Crippen LogP) is 3.94. The highest BCUT2D eigenvalue weighted by atomic mass is 35.5. The molecule has 0 saturated carbocycles. The van der Waals surface area contributed by atoms with E-state index in [9.17, 15) is 4.79 Å². The lowest BCUT2D eigenvalue weighted by molar-refractivity contribution is -0.133. The molecule has 1 amide bonds. The van der Waals surface area contributed by atoms with Crippen LogP contribution < -0.4 is 0 Å². The van der Waals surface area contributed by atoms with Gasteiger partial charge in [-0.1, -0.05) is 37.1 Å². The Labute approximate surface area is 127 Å². The summed E-state index contributed by atoms with van der Waals surface area (Å²) in [7, 11) is 0. The van der Waals surface area contributed by atoms with Crippen molar-refractivity contribution < 1.29 is 4.79 Å². The van der Waals surface area contributed by atoms with E-state index >= 15 is 0 Å². The van der Waals surface area contributed by atoms with Crippen molar-refractivity contribution in [3.05, 3.63) is 35.4 Å². The number of halogens is 1. The topological polar surface area (TPSA) is 20.3 Å². The van der Waals surface area contributed by atoms with E-state index < -0.39 is 0 Å². The second kappa shape index (κ2) is 7.68. The van der Waals surface area contributed by atoms with Crippen LogP contribution in [0.5, 0.6) is 0 Å². The largest absolute Gasteiger partial charge is 0.339 e. The lowest BCUT2D eigenvalue weighted by Crippen LogP contribution is -2.41. The lowest BCUT2D eigenvalue weighted by atomic mass is 10.0. The van der Waals surface area contributed by atoms with Crippen LogP contribution in [0.3, 0.4) is 0 Å². The summed E-state index contributed by atoms with van der Waals surface area (Å²) >= 11 is 6.04. The fourth-order valence-corrected chi connectivity index (χ4v) is 3.26. The molecule has 1 unspecified atom stereocenters. The van der Waals surface area contributed by atoms with Gasteiger partial charge in [-0.3, -0.25) is 4.79 Å². The van der Waals surface area contributed by atoms with Crippen LogP contribution in [0.1, 0.15) is 43.2 Å². The fourth-order valence-electron chi connectivity index (χ4n) is 2.94. The maximum absolute atomic E-state index is 12.5. The first-order valence-electron chi connectivity index (χ1n) is 7.62. The molecule has 2 rings (SSSR count). The van der Waals surface area contributed by atoms with Crippen molar-refractivity contribution in [1.82, 2.24) is 4.90 Å². The molecule has 3 heteroatoms. The summed E-state index contributed by atoms with van der Waals surface area (Å²) in [5, 5.41) is 0. The molecule has 1 aromatic carbocycles. The molecule has 110 valence electrons. The molecule has 0 bridgehead atoms. The normalized spacial score (nSPS) is 19.7. The summed E-state index contributed by atoms with van der Waals surface area (Å²) in [6.45, 7) is 2.98. The quantitative estimate of drug-likeness (QED) is 0.770. The SMILES string of the molecule is Cc1ccccc1CCC(=O)N1CCCCCC1CCl. The van der Waals surface area contributed by atoms with Crippen LogP contribution in [0.15, 0.2) is 24.3 Å². The van der Waals surface area contributed by atoms with Crippen LogP contribution >= 0.6 is 11.6 Å². The van der Waals surface area contributed by atoms with Gasteiger partial charge in [-0.25, -0.2) is 0 Å². The highest BCUT2D eigenvalue weighted by Crippen LogP contribution is 2.19. The van der Waals surface area contributed by atoms with Crippen molar-refractivity contribution in [3.63, 3.8) is 0 Å². The van der Waals surface area contributed by atoms with E-state index in [2.05, 4.69) is 19.1 Å². The molecule has 1 saturated heterocycles. The number of carbonyl (C=O) groups excluding carboxylic acids is 1. The van der Waals surface area contributed by atoms with Crippen LogP contribution in [0.2, 0.25) is 0 Å². The number of carbonyl (C=O) groups is 1. The van der Waals surface area contributed by atoms with Gasteiger partial charge in [-0.2, -0.15) is 0 Å². The average molecular weight is 294 g/mol. The molecule has 0 N–H and O–H groups in total. The Kier molecular flexibility index (Phi) is 5.90. The standard InChI is InChI=1S/C17H24ClNO/c1-14-7-4-5-8-15(14)10-11-17(20)19-12-6-2-3-9-16(19)13-18/h4-5,7-8,16H,2-3,6,9-13H2,1H3. The van der Waals surface area contributed by atoms with E-state index in [0.29, 0.717) is 12.3 Å². The van der Waals surface area contributed by atoms with Crippen molar-refractivity contribution in [2.45, 2.75) is 51.5 Å². The van der Waals surface area contributed by atoms with Gasteiger partial charge >= 0.3 is 0 Å². The average Bonchev–Trinajstić information content (AvgIpc) is 2.71. The summed E-state index contributed by atoms with van der Waals surface area (Å²) in [5.74, 6) is 0.830. The van der Waals surface area contributed by atoms with Gasteiger partial charge in [0.2, 0.25) is 5.91 Å². The van der Waals surface area contributed by atoms with Gasteiger partial charge in [0.05, 0.1) is 0 Å². The maximum atomic E-state index is 12.5. The van der Waals surface area contributed by atoms with Gasteiger partial charge in [0.1, 0.15) is 0 Å². The second-order valence-electron chi connectivity index (χ2n) is 5.67. The Bertz CT molecular complexity index is 446. The highest BCUT2D eigenvalue weighted by Gasteiger charge is 2.24. The molecule has 2 nitrogen and oxygen atoms in total. The number of alkyl halides is 1. The number of likely N-dealkylation sites (tertiary alicyclic amines) is 1. The van der Waals surface area contributed by atoms with Crippen molar-refractivity contribution in [3.8, 4) is 0 Å². The highest BCUT2D eigenvalue weighted by molar-refractivity contribution is 6.18. The summed E-state index contributed by atoms with van der Waals surface area (Å²) in [5.41, 5.74) is 2.54. The second-order valence-corrected chi connectivity index (χ2v) is 5.98. The first-order valence-corrected chi connectivity index (χ1v) is 8.15. The van der Waals surface area contributed by atoms with Crippen LogP contribution in [0.4, 0.5) is 0 Å². The Hall–Kier alpha value is -1.02. The van der Waals surface area contributed by atoms with E-state index in [1.165, 1.54) is 24.0 Å². The molecule has 0 spiro atoms. The van der Waals surface area contributed by atoms with Gasteiger partial charge in [0.25, 0.3) is 0 Å². The summed E-state index contributed by atoms with van der Waals surface area (Å²) in [4.78, 5) is 14.5. The lowest BCUT2D eigenvalue weighted by Gasteiger charge is -2.28. The number of aryl methyl sites for hydroxylation is 2. The van der Waals surface area contributed by atoms with Crippen molar-refractivity contribution >= 4 is 17.5 Å². The third-order valence-electron chi connectivity index (χ3n) is 4.25. The van der Waals surface area contributed by atoms with Crippen LogP contribution in [0, 0.1) is 6.92 Å². The molecule has 1 aromatic rings. The summed E-state index contributed by atoms with van der Waals surface area (Å²) in [6.07, 6.45) is 6.01. The van der Waals surface area contributed by atoms with Gasteiger partial charge in [0.15, 0.2) is 0 Å². The summed E-state index contributed by atoms with van der Waals surface area (Å²) in [6, 6.07) is 8.54. The number of nitrogens with zero attached hydrogens (tertiary/aromatic N) is 1. The number of rotatable bonds is 4. The van der Waals surface area contributed by atoms with Crippen LogP contribution in [0.25, 0.3) is 0 Å². The van der Waals surface area contributed by atoms with E-state index in [0.717, 1.165) is 25.8 Å².